The standard InChI is InChI=1S/C16H20F2N2O4/c1-11(21)24-15(14-12(17)3-2-4-13(14)18)16(22)19-5-6-20-7-9-23-10-8-20/h2-4,15H,5-10H2,1H3,(H,19,22)/t15-/m0/s1. The largest absolute Gasteiger partial charge is 0.447 e. The Morgan fingerprint density at radius 2 is 1.92 bits per heavy atom. The monoisotopic (exact) mass is 342 g/mol. The lowest BCUT2D eigenvalue weighted by Crippen LogP contribution is -2.42. The summed E-state index contributed by atoms with van der Waals surface area (Å²) in [5.74, 6) is -3.44. The molecule has 1 fully saturated rings. The number of morpholine rings is 1. The maximum atomic E-state index is 13.9. The van der Waals surface area contributed by atoms with Gasteiger partial charge in [-0.1, -0.05) is 6.07 Å². The lowest BCUT2D eigenvalue weighted by molar-refractivity contribution is -0.154. The van der Waals surface area contributed by atoms with Crippen molar-refractivity contribution in [2.75, 3.05) is 39.4 Å². The first kappa shape index (κ1) is 18.3. The number of amides is 1. The van der Waals surface area contributed by atoms with Crippen LogP contribution < -0.4 is 5.32 Å². The van der Waals surface area contributed by atoms with Crippen LogP contribution in [0.3, 0.4) is 0 Å². The summed E-state index contributed by atoms with van der Waals surface area (Å²) >= 11 is 0. The zero-order chi connectivity index (χ0) is 17.5. The number of ether oxygens (including phenoxy) is 2. The maximum Gasteiger partial charge on any atom is 0.303 e. The minimum Gasteiger partial charge on any atom is -0.447 e. The summed E-state index contributed by atoms with van der Waals surface area (Å²) in [6.45, 7) is 4.69. The van der Waals surface area contributed by atoms with E-state index in [0.29, 0.717) is 19.8 Å². The SMILES string of the molecule is CC(=O)O[C@H](C(=O)NCCN1CCOCC1)c1c(F)cccc1F. The van der Waals surface area contributed by atoms with E-state index in [1.807, 2.05) is 0 Å². The van der Waals surface area contributed by atoms with Gasteiger partial charge in [0, 0.05) is 33.1 Å². The number of nitrogens with zero attached hydrogens (tertiary/aromatic N) is 1. The van der Waals surface area contributed by atoms with Gasteiger partial charge in [-0.05, 0) is 12.1 Å². The van der Waals surface area contributed by atoms with Crippen LogP contribution in [0, 0.1) is 11.6 Å². The average molecular weight is 342 g/mol. The summed E-state index contributed by atoms with van der Waals surface area (Å²) in [5, 5.41) is 2.56. The summed E-state index contributed by atoms with van der Waals surface area (Å²) in [4.78, 5) is 25.6. The summed E-state index contributed by atoms with van der Waals surface area (Å²) < 4.78 is 37.8. The molecule has 1 N–H and O–H groups in total. The first-order valence-corrected chi connectivity index (χ1v) is 7.68. The smallest absolute Gasteiger partial charge is 0.303 e. The van der Waals surface area contributed by atoms with E-state index in [1.54, 1.807) is 0 Å². The third kappa shape index (κ3) is 4.97. The van der Waals surface area contributed by atoms with Crippen LogP contribution in [0.4, 0.5) is 8.78 Å². The highest BCUT2D eigenvalue weighted by Gasteiger charge is 2.29. The van der Waals surface area contributed by atoms with E-state index in [-0.39, 0.29) is 6.54 Å². The summed E-state index contributed by atoms with van der Waals surface area (Å²) in [5.41, 5.74) is -0.573. The zero-order valence-electron chi connectivity index (χ0n) is 13.4. The molecule has 0 bridgehead atoms. The number of rotatable bonds is 6. The molecule has 6 nitrogen and oxygen atoms in total. The molecule has 132 valence electrons. The molecule has 0 aliphatic carbocycles. The molecule has 0 saturated carbocycles. The molecule has 1 saturated heterocycles. The van der Waals surface area contributed by atoms with Gasteiger partial charge in [0.2, 0.25) is 6.10 Å². The average Bonchev–Trinajstić information content (AvgIpc) is 2.54. The normalized spacial score (nSPS) is 16.5. The first-order valence-electron chi connectivity index (χ1n) is 7.68. The Hall–Kier alpha value is -2.06. The summed E-state index contributed by atoms with van der Waals surface area (Å²) in [6.07, 6.45) is -1.66. The number of benzene rings is 1. The molecular weight excluding hydrogens is 322 g/mol. The Balaban J connectivity index is 2.01. The van der Waals surface area contributed by atoms with Crippen LogP contribution in [-0.2, 0) is 19.1 Å². The van der Waals surface area contributed by atoms with Gasteiger partial charge in [0.15, 0.2) is 0 Å². The number of carbonyl (C=O) groups is 2. The highest BCUT2D eigenvalue weighted by atomic mass is 19.1. The van der Waals surface area contributed by atoms with Crippen molar-refractivity contribution in [3.8, 4) is 0 Å². The molecule has 1 aliphatic rings. The van der Waals surface area contributed by atoms with E-state index < -0.39 is 35.2 Å². The fourth-order valence-corrected chi connectivity index (χ4v) is 2.43. The fourth-order valence-electron chi connectivity index (χ4n) is 2.43. The lowest BCUT2D eigenvalue weighted by atomic mass is 10.1. The molecule has 1 heterocycles. The van der Waals surface area contributed by atoms with Crippen molar-refractivity contribution in [2.45, 2.75) is 13.0 Å². The van der Waals surface area contributed by atoms with Crippen LogP contribution in [0.15, 0.2) is 18.2 Å². The van der Waals surface area contributed by atoms with Crippen molar-refractivity contribution in [1.29, 1.82) is 0 Å². The van der Waals surface area contributed by atoms with Crippen LogP contribution in [0.5, 0.6) is 0 Å². The molecule has 0 radical (unpaired) electrons. The quantitative estimate of drug-likeness (QED) is 0.782. The number of hydrogen-bond donors (Lipinski definition) is 1. The van der Waals surface area contributed by atoms with E-state index >= 15 is 0 Å². The van der Waals surface area contributed by atoms with Crippen LogP contribution in [0.25, 0.3) is 0 Å². The molecule has 1 aromatic carbocycles. The van der Waals surface area contributed by atoms with Crippen molar-refractivity contribution in [3.05, 3.63) is 35.4 Å². The van der Waals surface area contributed by atoms with Crippen LogP contribution in [-0.4, -0.2) is 56.2 Å². The molecule has 1 amide bonds. The molecule has 1 aliphatic heterocycles. The van der Waals surface area contributed by atoms with E-state index in [4.69, 9.17) is 9.47 Å². The lowest BCUT2D eigenvalue weighted by Gasteiger charge is -2.26. The second-order valence-corrected chi connectivity index (χ2v) is 5.37. The van der Waals surface area contributed by atoms with Gasteiger partial charge in [0.1, 0.15) is 11.6 Å². The summed E-state index contributed by atoms with van der Waals surface area (Å²) in [7, 11) is 0. The topological polar surface area (TPSA) is 67.9 Å². The third-order valence-corrected chi connectivity index (χ3v) is 3.61. The highest BCUT2D eigenvalue weighted by Crippen LogP contribution is 2.24. The Labute approximate surface area is 138 Å². The van der Waals surface area contributed by atoms with Gasteiger partial charge < -0.3 is 14.8 Å². The predicted molar refractivity (Wildman–Crippen MR) is 81.1 cm³/mol. The van der Waals surface area contributed by atoms with Crippen LogP contribution >= 0.6 is 0 Å². The van der Waals surface area contributed by atoms with E-state index in [2.05, 4.69) is 10.2 Å². The van der Waals surface area contributed by atoms with Gasteiger partial charge >= 0.3 is 5.97 Å². The van der Waals surface area contributed by atoms with Crippen molar-refractivity contribution in [2.24, 2.45) is 0 Å². The van der Waals surface area contributed by atoms with Gasteiger partial charge in [0.05, 0.1) is 18.8 Å². The second kappa shape index (κ2) is 8.70. The predicted octanol–water partition coefficient (Wildman–Crippen LogP) is 1.02. The van der Waals surface area contributed by atoms with E-state index in [0.717, 1.165) is 32.1 Å². The van der Waals surface area contributed by atoms with Gasteiger partial charge in [0.25, 0.3) is 5.91 Å². The number of nitrogens with one attached hydrogen (secondary N) is 1. The van der Waals surface area contributed by atoms with Crippen LogP contribution in [0.1, 0.15) is 18.6 Å². The van der Waals surface area contributed by atoms with E-state index in [1.165, 1.54) is 6.07 Å². The minimum atomic E-state index is -1.66. The van der Waals surface area contributed by atoms with Gasteiger partial charge in [-0.25, -0.2) is 8.78 Å². The first-order chi connectivity index (χ1) is 11.5. The molecule has 1 aromatic rings. The van der Waals surface area contributed by atoms with Crippen molar-refractivity contribution >= 4 is 11.9 Å². The molecular formula is C16H20F2N2O4. The summed E-state index contributed by atoms with van der Waals surface area (Å²) in [6, 6.07) is 3.20. The van der Waals surface area contributed by atoms with Gasteiger partial charge in [-0.3, -0.25) is 14.5 Å². The fraction of sp³-hybridized carbons (Fsp3) is 0.500. The van der Waals surface area contributed by atoms with E-state index in [9.17, 15) is 18.4 Å². The van der Waals surface area contributed by atoms with Crippen molar-refractivity contribution in [1.82, 2.24) is 10.2 Å². The maximum absolute atomic E-state index is 13.9. The Bertz CT molecular complexity index is 571. The molecule has 8 heteroatoms. The van der Waals surface area contributed by atoms with Crippen LogP contribution in [0.2, 0.25) is 0 Å². The van der Waals surface area contributed by atoms with Gasteiger partial charge in [-0.2, -0.15) is 0 Å². The number of halogens is 2. The van der Waals surface area contributed by atoms with Crippen molar-refractivity contribution in [3.63, 3.8) is 0 Å². The Kier molecular flexibility index (Phi) is 6.62. The Morgan fingerprint density at radius 1 is 1.29 bits per heavy atom. The highest BCUT2D eigenvalue weighted by molar-refractivity contribution is 5.84. The second-order valence-electron chi connectivity index (χ2n) is 5.37. The molecule has 24 heavy (non-hydrogen) atoms. The zero-order valence-corrected chi connectivity index (χ0v) is 13.4. The number of esters is 1. The number of hydrogen-bond acceptors (Lipinski definition) is 5. The molecule has 0 spiro atoms. The minimum absolute atomic E-state index is 0.271. The van der Waals surface area contributed by atoms with Gasteiger partial charge in [-0.15, -0.1) is 0 Å². The molecule has 0 aromatic heterocycles. The Morgan fingerprint density at radius 3 is 2.50 bits per heavy atom. The van der Waals surface area contributed by atoms with Crippen molar-refractivity contribution < 1.29 is 27.8 Å². The molecule has 0 unspecified atom stereocenters. The third-order valence-electron chi connectivity index (χ3n) is 3.61. The molecule has 1 atom stereocenters. The molecule has 2 rings (SSSR count). The number of carbonyl (C=O) groups excluding carboxylic acids is 2.